The van der Waals surface area contributed by atoms with E-state index in [0.29, 0.717) is 6.54 Å². The van der Waals surface area contributed by atoms with Gasteiger partial charge in [-0.15, -0.1) is 24.8 Å². The third kappa shape index (κ3) is 4.59. The first-order valence-electron chi connectivity index (χ1n) is 6.45. The monoisotopic (exact) mass is 332 g/mol. The smallest absolute Gasteiger partial charge is 0.224 e. The Hall–Kier alpha value is -1.30. The van der Waals surface area contributed by atoms with Crippen LogP contribution in [0.4, 0.5) is 0 Å². The van der Waals surface area contributed by atoms with E-state index in [1.165, 1.54) is 0 Å². The molecule has 2 heterocycles. The van der Waals surface area contributed by atoms with E-state index in [2.05, 4.69) is 10.3 Å². The van der Waals surface area contributed by atoms with Gasteiger partial charge < -0.3 is 15.5 Å². The molecule has 0 fully saturated rings. The number of carbonyl (C=O) groups is 1. The van der Waals surface area contributed by atoms with Crippen LogP contribution < -0.4 is 11.1 Å². The fourth-order valence-electron chi connectivity index (χ4n) is 1.87. The van der Waals surface area contributed by atoms with Crippen molar-refractivity contribution in [2.75, 3.05) is 0 Å². The second kappa shape index (κ2) is 8.22. The summed E-state index contributed by atoms with van der Waals surface area (Å²) >= 11 is 0. The molecule has 5 nitrogen and oxygen atoms in total. The number of hydrogen-bond acceptors (Lipinski definition) is 3. The first kappa shape index (κ1) is 19.7. The summed E-state index contributed by atoms with van der Waals surface area (Å²) in [7, 11) is 0. The summed E-state index contributed by atoms with van der Waals surface area (Å²) < 4.78 is 1.96. The summed E-state index contributed by atoms with van der Waals surface area (Å²) in [6.45, 7) is 6.10. The van der Waals surface area contributed by atoms with E-state index in [-0.39, 0.29) is 42.7 Å². The molecule has 3 N–H and O–H groups in total. The van der Waals surface area contributed by atoms with Gasteiger partial charge in [0.1, 0.15) is 5.65 Å². The van der Waals surface area contributed by atoms with Gasteiger partial charge >= 0.3 is 0 Å². The largest absolute Gasteiger partial charge is 0.350 e. The summed E-state index contributed by atoms with van der Waals surface area (Å²) in [5.41, 5.74) is 8.59. The summed E-state index contributed by atoms with van der Waals surface area (Å²) in [5.74, 6) is -0.234. The van der Waals surface area contributed by atoms with Crippen molar-refractivity contribution >= 4 is 36.4 Å². The third-order valence-electron chi connectivity index (χ3n) is 3.37. The quantitative estimate of drug-likeness (QED) is 0.900. The lowest BCUT2D eigenvalue weighted by atomic mass is 10.0. The van der Waals surface area contributed by atoms with Gasteiger partial charge in [-0.2, -0.15) is 0 Å². The average molecular weight is 333 g/mol. The molecule has 0 spiro atoms. The molecule has 2 rings (SSSR count). The lowest BCUT2D eigenvalue weighted by Crippen LogP contribution is -2.38. The van der Waals surface area contributed by atoms with Crippen molar-refractivity contribution in [3.8, 4) is 0 Å². The van der Waals surface area contributed by atoms with Crippen LogP contribution >= 0.6 is 24.8 Å². The first-order chi connectivity index (χ1) is 8.99. The van der Waals surface area contributed by atoms with Gasteiger partial charge in [0.25, 0.3) is 0 Å². The lowest BCUT2D eigenvalue weighted by molar-refractivity contribution is -0.125. The van der Waals surface area contributed by atoms with Crippen LogP contribution in [-0.4, -0.2) is 21.3 Å². The maximum atomic E-state index is 11.8. The minimum absolute atomic E-state index is 0. The topological polar surface area (TPSA) is 72.4 Å². The maximum absolute atomic E-state index is 11.8. The molecule has 118 valence electrons. The Kier molecular flexibility index (Phi) is 7.71. The predicted octanol–water partition coefficient (Wildman–Crippen LogP) is 2.09. The highest BCUT2D eigenvalue weighted by atomic mass is 35.5. The molecule has 0 aliphatic carbocycles. The van der Waals surface area contributed by atoms with Crippen molar-refractivity contribution in [3.63, 3.8) is 0 Å². The molecule has 0 saturated carbocycles. The number of fused-ring (bicyclic) bond motifs is 1. The lowest BCUT2D eigenvalue weighted by Gasteiger charge is -2.14. The molecule has 2 aromatic heterocycles. The average Bonchev–Trinajstić information content (AvgIpc) is 2.79. The van der Waals surface area contributed by atoms with Gasteiger partial charge in [-0.05, 0) is 25.5 Å². The van der Waals surface area contributed by atoms with Crippen molar-refractivity contribution in [1.82, 2.24) is 14.7 Å². The highest BCUT2D eigenvalue weighted by molar-refractivity contribution is 5.85. The molecular formula is C14H22Cl2N4O. The molecule has 2 unspecified atom stereocenters. The molecule has 21 heavy (non-hydrogen) atoms. The van der Waals surface area contributed by atoms with Crippen molar-refractivity contribution in [2.45, 2.75) is 33.4 Å². The summed E-state index contributed by atoms with van der Waals surface area (Å²) in [6.07, 6.45) is 3.88. The predicted molar refractivity (Wildman–Crippen MR) is 89.1 cm³/mol. The number of pyridine rings is 1. The molecule has 0 radical (unpaired) electrons. The second-order valence-corrected chi connectivity index (χ2v) is 5.02. The van der Waals surface area contributed by atoms with Crippen LogP contribution in [0.1, 0.15) is 25.1 Å². The van der Waals surface area contributed by atoms with E-state index in [1.807, 2.05) is 49.7 Å². The minimum atomic E-state index is -0.196. The molecule has 2 aromatic rings. The Labute approximate surface area is 137 Å². The number of hydrogen-bond donors (Lipinski definition) is 2. The number of nitrogens with one attached hydrogen (secondary N) is 1. The third-order valence-corrected chi connectivity index (χ3v) is 3.37. The van der Waals surface area contributed by atoms with Crippen molar-refractivity contribution in [2.24, 2.45) is 11.7 Å². The van der Waals surface area contributed by atoms with E-state index in [1.54, 1.807) is 0 Å². The van der Waals surface area contributed by atoms with Gasteiger partial charge in [-0.25, -0.2) is 4.98 Å². The van der Waals surface area contributed by atoms with E-state index < -0.39 is 0 Å². The highest BCUT2D eigenvalue weighted by Crippen LogP contribution is 2.10. The zero-order chi connectivity index (χ0) is 14.0. The zero-order valence-corrected chi connectivity index (χ0v) is 14.0. The Balaban J connectivity index is 0.00000200. The fourth-order valence-corrected chi connectivity index (χ4v) is 1.87. The zero-order valence-electron chi connectivity index (χ0n) is 12.4. The molecule has 0 saturated heterocycles. The van der Waals surface area contributed by atoms with E-state index >= 15 is 0 Å². The van der Waals surface area contributed by atoms with Gasteiger partial charge in [0, 0.05) is 24.4 Å². The van der Waals surface area contributed by atoms with Crippen molar-refractivity contribution < 1.29 is 4.79 Å². The molecule has 0 aromatic carbocycles. The molecule has 2 atom stereocenters. The van der Waals surface area contributed by atoms with Crippen LogP contribution in [0.15, 0.2) is 24.5 Å². The number of halogens is 2. The number of rotatable bonds is 4. The number of carbonyl (C=O) groups excluding carboxylic acids is 1. The number of imidazole rings is 1. The fraction of sp³-hybridized carbons (Fsp3) is 0.429. The molecular weight excluding hydrogens is 311 g/mol. The maximum Gasteiger partial charge on any atom is 0.224 e. The van der Waals surface area contributed by atoms with Gasteiger partial charge in [0.05, 0.1) is 12.2 Å². The normalized spacial score (nSPS) is 13.0. The molecule has 1 amide bonds. The van der Waals surface area contributed by atoms with Crippen LogP contribution in [0.3, 0.4) is 0 Å². The van der Waals surface area contributed by atoms with E-state index in [4.69, 9.17) is 5.73 Å². The van der Waals surface area contributed by atoms with Crippen LogP contribution in [0.5, 0.6) is 0 Å². The Bertz CT molecular complexity index is 598. The van der Waals surface area contributed by atoms with Crippen LogP contribution in [-0.2, 0) is 11.3 Å². The Morgan fingerprint density at radius 3 is 2.67 bits per heavy atom. The van der Waals surface area contributed by atoms with Crippen molar-refractivity contribution in [1.29, 1.82) is 0 Å². The number of aromatic nitrogens is 2. The molecule has 0 bridgehead atoms. The van der Waals surface area contributed by atoms with E-state index in [0.717, 1.165) is 16.9 Å². The van der Waals surface area contributed by atoms with Gasteiger partial charge in [-0.3, -0.25) is 4.79 Å². The van der Waals surface area contributed by atoms with Gasteiger partial charge in [0.15, 0.2) is 0 Å². The summed E-state index contributed by atoms with van der Waals surface area (Å²) in [6, 6.07) is 3.84. The van der Waals surface area contributed by atoms with Gasteiger partial charge in [0.2, 0.25) is 5.91 Å². The summed E-state index contributed by atoms with van der Waals surface area (Å²) in [5, 5.41) is 2.87. The standard InChI is InChI=1S/C14H20N4O.2ClH/c1-9-5-4-6-18-8-12(17-13(9)18)7-16-14(19)10(2)11(3)15;;/h4-6,8,10-11H,7,15H2,1-3H3,(H,16,19);2*1H. The summed E-state index contributed by atoms with van der Waals surface area (Å²) in [4.78, 5) is 16.3. The highest BCUT2D eigenvalue weighted by Gasteiger charge is 2.16. The molecule has 7 heteroatoms. The van der Waals surface area contributed by atoms with Crippen LogP contribution in [0, 0.1) is 12.8 Å². The Morgan fingerprint density at radius 1 is 1.43 bits per heavy atom. The number of nitrogens with zero attached hydrogens (tertiary/aromatic N) is 2. The molecule has 0 aliphatic rings. The second-order valence-electron chi connectivity index (χ2n) is 5.02. The number of amides is 1. The van der Waals surface area contributed by atoms with Crippen LogP contribution in [0.25, 0.3) is 5.65 Å². The van der Waals surface area contributed by atoms with E-state index in [9.17, 15) is 4.79 Å². The molecule has 0 aliphatic heterocycles. The SMILES string of the molecule is Cc1cccn2cc(CNC(=O)C(C)C(C)N)nc12.Cl.Cl. The number of aryl methyl sites for hydroxylation is 1. The van der Waals surface area contributed by atoms with Crippen molar-refractivity contribution in [3.05, 3.63) is 35.8 Å². The van der Waals surface area contributed by atoms with Crippen LogP contribution in [0.2, 0.25) is 0 Å². The first-order valence-corrected chi connectivity index (χ1v) is 6.45. The number of nitrogens with two attached hydrogens (primary N) is 1. The Morgan fingerprint density at radius 2 is 2.10 bits per heavy atom. The van der Waals surface area contributed by atoms with Gasteiger partial charge in [-0.1, -0.05) is 13.0 Å². The minimum Gasteiger partial charge on any atom is -0.350 e.